The third-order valence-electron chi connectivity index (χ3n) is 2.87. The average molecular weight is 290 g/mol. The third kappa shape index (κ3) is 4.66. The van der Waals surface area contributed by atoms with Gasteiger partial charge in [0.2, 0.25) is 12.2 Å². The fourth-order valence-corrected chi connectivity index (χ4v) is 2.09. The molecule has 3 rings (SSSR count). The lowest BCUT2D eigenvalue weighted by molar-refractivity contribution is 0.562. The molecule has 108 valence electrons. The van der Waals surface area contributed by atoms with Gasteiger partial charge >= 0.3 is 0 Å². The van der Waals surface area contributed by atoms with E-state index in [1.54, 1.807) is 0 Å². The van der Waals surface area contributed by atoms with Crippen LogP contribution in [0.5, 0.6) is 0 Å². The number of fused-ring (bicyclic) bond motifs is 1. The normalized spacial score (nSPS) is 8.36. The number of isocyanates is 2. The van der Waals surface area contributed by atoms with E-state index in [1.807, 2.05) is 0 Å². The molecule has 4 heteroatoms. The number of carbonyl (C=O) groups excluding carboxylic acids is 2. The molecule has 0 amide bonds. The molecule has 0 heterocycles. The summed E-state index contributed by atoms with van der Waals surface area (Å²) in [5.41, 5.74) is 2.58. The highest BCUT2D eigenvalue weighted by atomic mass is 16.1. The van der Waals surface area contributed by atoms with E-state index in [4.69, 9.17) is 20.4 Å². The predicted molar refractivity (Wildman–Crippen MR) is 86.2 cm³/mol. The van der Waals surface area contributed by atoms with Gasteiger partial charge in [0.05, 0.1) is 0 Å². The molecule has 4 nitrogen and oxygen atoms in total. The first kappa shape index (κ1) is 16.7. The van der Waals surface area contributed by atoms with Crippen molar-refractivity contribution in [2.24, 2.45) is 0 Å². The van der Waals surface area contributed by atoms with E-state index >= 15 is 0 Å². The Morgan fingerprint density at radius 2 is 1.14 bits per heavy atom. The number of nitrogens with one attached hydrogen (secondary N) is 2. The summed E-state index contributed by atoms with van der Waals surface area (Å²) in [5.74, 6) is 0. The Kier molecular flexibility index (Phi) is 7.27. The van der Waals surface area contributed by atoms with Crippen molar-refractivity contribution < 1.29 is 9.59 Å². The van der Waals surface area contributed by atoms with E-state index in [-0.39, 0.29) is 0 Å². The summed E-state index contributed by atoms with van der Waals surface area (Å²) < 4.78 is 0. The monoisotopic (exact) mass is 290 g/mol. The van der Waals surface area contributed by atoms with Crippen LogP contribution in [0.3, 0.4) is 0 Å². The molecule has 3 aromatic carbocycles. The van der Waals surface area contributed by atoms with Gasteiger partial charge in [-0.25, -0.2) is 20.4 Å². The second kappa shape index (κ2) is 9.56. The first-order chi connectivity index (χ1) is 10.8. The molecule has 0 radical (unpaired) electrons. The average Bonchev–Trinajstić information content (AvgIpc) is 2.57. The molecule has 0 bridgehead atoms. The molecule has 0 unspecified atom stereocenters. The predicted octanol–water partition coefficient (Wildman–Crippen LogP) is 4.31. The summed E-state index contributed by atoms with van der Waals surface area (Å²) in [6, 6.07) is 25.5. The molecule has 0 fully saturated rings. The van der Waals surface area contributed by atoms with Crippen LogP contribution in [0.1, 0.15) is 0 Å². The molecular weight excluding hydrogens is 276 g/mol. The van der Waals surface area contributed by atoms with Crippen LogP contribution < -0.4 is 0 Å². The van der Waals surface area contributed by atoms with Crippen molar-refractivity contribution in [2.45, 2.75) is 0 Å². The fourth-order valence-electron chi connectivity index (χ4n) is 2.09. The van der Waals surface area contributed by atoms with E-state index in [1.165, 1.54) is 21.9 Å². The molecule has 22 heavy (non-hydrogen) atoms. The first-order valence-electron chi connectivity index (χ1n) is 6.39. The van der Waals surface area contributed by atoms with Gasteiger partial charge < -0.3 is 0 Å². The van der Waals surface area contributed by atoms with Gasteiger partial charge in [-0.15, -0.1) is 0 Å². The Labute approximate surface area is 128 Å². The minimum absolute atomic E-state index is 0.750. The summed E-state index contributed by atoms with van der Waals surface area (Å²) in [7, 11) is 0. The van der Waals surface area contributed by atoms with Crippen LogP contribution in [0.25, 0.3) is 21.9 Å². The third-order valence-corrected chi connectivity index (χ3v) is 2.87. The molecule has 0 aliphatic heterocycles. The molecule has 0 saturated heterocycles. The van der Waals surface area contributed by atoms with Crippen molar-refractivity contribution in [3.05, 3.63) is 72.8 Å². The van der Waals surface area contributed by atoms with Crippen LogP contribution in [-0.2, 0) is 9.59 Å². The van der Waals surface area contributed by atoms with Gasteiger partial charge in [-0.3, -0.25) is 0 Å². The largest absolute Gasteiger partial charge is 0.231 e. The Morgan fingerprint density at radius 3 is 1.77 bits per heavy atom. The van der Waals surface area contributed by atoms with Gasteiger partial charge in [-0.05, 0) is 21.9 Å². The second-order valence-corrected chi connectivity index (χ2v) is 4.10. The van der Waals surface area contributed by atoms with Gasteiger partial charge in [-0.1, -0.05) is 72.8 Å². The molecule has 3 aromatic rings. The number of hydrogen-bond donors (Lipinski definition) is 2. The molecule has 0 aromatic heterocycles. The Balaban J connectivity index is 0.000000353. The van der Waals surface area contributed by atoms with Gasteiger partial charge in [0.1, 0.15) is 0 Å². The maximum absolute atomic E-state index is 8.35. The number of rotatable bonds is 1. The summed E-state index contributed by atoms with van der Waals surface area (Å²) in [4.78, 5) is 16.7. The minimum Gasteiger partial charge on any atom is -0.222 e. The topological polar surface area (TPSA) is 81.8 Å². The lowest BCUT2D eigenvalue weighted by Crippen LogP contribution is -1.79. The molecule has 0 aliphatic rings. The van der Waals surface area contributed by atoms with Crippen LogP contribution >= 0.6 is 0 Å². The SMILES string of the molecule is N=C=O.N=C=O.c1ccc(-c2cccc3ccccc23)cc1. The first-order valence-corrected chi connectivity index (χ1v) is 6.39. The molecule has 0 atom stereocenters. The van der Waals surface area contributed by atoms with Crippen LogP contribution in [-0.4, -0.2) is 12.2 Å². The maximum atomic E-state index is 8.35. The van der Waals surface area contributed by atoms with Crippen molar-refractivity contribution in [1.82, 2.24) is 0 Å². The van der Waals surface area contributed by atoms with Crippen LogP contribution in [0.2, 0.25) is 0 Å². The zero-order valence-corrected chi connectivity index (χ0v) is 11.7. The van der Waals surface area contributed by atoms with Crippen LogP contribution in [0, 0.1) is 10.8 Å². The Morgan fingerprint density at radius 1 is 0.636 bits per heavy atom. The van der Waals surface area contributed by atoms with Crippen molar-refractivity contribution in [1.29, 1.82) is 10.8 Å². The van der Waals surface area contributed by atoms with E-state index in [2.05, 4.69) is 72.8 Å². The fraction of sp³-hybridized carbons (Fsp3) is 0. The smallest absolute Gasteiger partial charge is 0.222 e. The molecule has 2 N–H and O–H groups in total. The summed E-state index contributed by atoms with van der Waals surface area (Å²) in [6.45, 7) is 0. The van der Waals surface area contributed by atoms with E-state index in [0.29, 0.717) is 0 Å². The zero-order chi connectivity index (χ0) is 16.2. The maximum Gasteiger partial charge on any atom is 0.231 e. The van der Waals surface area contributed by atoms with Gasteiger partial charge in [-0.2, -0.15) is 0 Å². The zero-order valence-electron chi connectivity index (χ0n) is 11.7. The highest BCUT2D eigenvalue weighted by Gasteiger charge is 2.01. The summed E-state index contributed by atoms with van der Waals surface area (Å²) in [6.07, 6.45) is 1.50. The van der Waals surface area contributed by atoms with Gasteiger partial charge in [0.25, 0.3) is 0 Å². The van der Waals surface area contributed by atoms with Crippen molar-refractivity contribution >= 4 is 22.9 Å². The van der Waals surface area contributed by atoms with Crippen LogP contribution in [0.4, 0.5) is 0 Å². The van der Waals surface area contributed by atoms with Crippen molar-refractivity contribution in [3.63, 3.8) is 0 Å². The standard InChI is InChI=1S/C16H12.2CHNO/c1-2-7-13(8-3-1)16-12-6-10-14-9-4-5-11-15(14)16;2*2-1-3/h1-12H;2*2H. The van der Waals surface area contributed by atoms with Gasteiger partial charge in [0.15, 0.2) is 0 Å². The summed E-state index contributed by atoms with van der Waals surface area (Å²) in [5, 5.41) is 13.4. The summed E-state index contributed by atoms with van der Waals surface area (Å²) >= 11 is 0. The second-order valence-electron chi connectivity index (χ2n) is 4.10. The van der Waals surface area contributed by atoms with E-state index < -0.39 is 0 Å². The van der Waals surface area contributed by atoms with Crippen LogP contribution in [0.15, 0.2) is 72.8 Å². The number of benzene rings is 3. The van der Waals surface area contributed by atoms with Crippen molar-refractivity contribution in [2.75, 3.05) is 0 Å². The highest BCUT2D eigenvalue weighted by molar-refractivity contribution is 5.96. The molecule has 0 saturated carbocycles. The van der Waals surface area contributed by atoms with Gasteiger partial charge in [0, 0.05) is 0 Å². The molecule has 0 aliphatic carbocycles. The van der Waals surface area contributed by atoms with Crippen molar-refractivity contribution in [3.8, 4) is 11.1 Å². The molecule has 0 spiro atoms. The lowest BCUT2D eigenvalue weighted by atomic mass is 9.98. The molecular formula is C18H14N2O2. The highest BCUT2D eigenvalue weighted by Crippen LogP contribution is 2.27. The lowest BCUT2D eigenvalue weighted by Gasteiger charge is -2.06. The minimum atomic E-state index is 0.750. The Hall–Kier alpha value is -3.32. The van der Waals surface area contributed by atoms with E-state index in [9.17, 15) is 0 Å². The Bertz CT molecular complexity index is 769. The number of hydrogen-bond acceptors (Lipinski definition) is 4. The van der Waals surface area contributed by atoms with E-state index in [0.717, 1.165) is 12.2 Å². The quantitative estimate of drug-likeness (QED) is 0.517.